The highest BCUT2D eigenvalue weighted by atomic mass is 16.7. The Bertz CT molecular complexity index is 695. The number of aromatic nitrogens is 1. The normalized spacial score (nSPS) is 24.1. The first-order valence-corrected chi connectivity index (χ1v) is 8.44. The number of aromatic amines is 1. The molecular weight excluding hydrogens is 323 g/mol. The van der Waals surface area contributed by atoms with Gasteiger partial charge in [-0.15, -0.1) is 0 Å². The Hall–Kier alpha value is -1.58. The number of hydrogen-bond donors (Lipinski definition) is 4. The molecule has 0 amide bonds. The van der Waals surface area contributed by atoms with Crippen molar-refractivity contribution in [2.75, 3.05) is 19.6 Å². The zero-order chi connectivity index (χ0) is 17.8. The Labute approximate surface area is 147 Å². The molecule has 2 heterocycles. The Kier molecular flexibility index (Phi) is 5.98. The molecule has 1 aromatic heterocycles. The van der Waals surface area contributed by atoms with Gasteiger partial charge in [-0.3, -0.25) is 0 Å². The Morgan fingerprint density at radius 2 is 2.20 bits per heavy atom. The van der Waals surface area contributed by atoms with Crippen LogP contribution in [-0.4, -0.2) is 71.4 Å². The van der Waals surface area contributed by atoms with Crippen LogP contribution in [0.1, 0.15) is 18.4 Å². The lowest BCUT2D eigenvalue weighted by molar-refractivity contribution is -0.184. The van der Waals surface area contributed by atoms with E-state index in [1.54, 1.807) is 0 Å². The van der Waals surface area contributed by atoms with E-state index in [0.29, 0.717) is 31.6 Å². The van der Waals surface area contributed by atoms with Gasteiger partial charge >= 0.3 is 0 Å². The Balaban J connectivity index is 1.79. The van der Waals surface area contributed by atoms with Crippen LogP contribution in [0.15, 0.2) is 24.4 Å². The van der Waals surface area contributed by atoms with E-state index in [1.165, 1.54) is 0 Å². The molecule has 8 heteroatoms. The van der Waals surface area contributed by atoms with Crippen LogP contribution in [0.4, 0.5) is 0 Å². The zero-order valence-electron chi connectivity index (χ0n) is 14.0. The average molecular weight is 346 g/mol. The molecule has 2 radical (unpaired) electrons. The van der Waals surface area contributed by atoms with Crippen molar-refractivity contribution in [1.29, 1.82) is 0 Å². The van der Waals surface area contributed by atoms with Gasteiger partial charge in [0.15, 0.2) is 0 Å². The van der Waals surface area contributed by atoms with Gasteiger partial charge < -0.3 is 29.9 Å². The third-order valence-electron chi connectivity index (χ3n) is 4.41. The molecule has 3 atom stereocenters. The van der Waals surface area contributed by atoms with E-state index in [0.717, 1.165) is 21.5 Å². The third kappa shape index (κ3) is 4.34. The maximum absolute atomic E-state index is 9.94. The van der Waals surface area contributed by atoms with Crippen LogP contribution >= 0.6 is 0 Å². The Morgan fingerprint density at radius 1 is 1.36 bits per heavy atom. The summed E-state index contributed by atoms with van der Waals surface area (Å²) in [5, 5.41) is 30.7. The minimum Gasteiger partial charge on any atom is -0.464 e. The number of nitrogens with one attached hydrogen (secondary N) is 1. The van der Waals surface area contributed by atoms with Gasteiger partial charge in [0.2, 0.25) is 6.29 Å². The van der Waals surface area contributed by atoms with Gasteiger partial charge in [-0.05, 0) is 30.6 Å². The summed E-state index contributed by atoms with van der Waals surface area (Å²) in [5.74, 6) is 0.641. The summed E-state index contributed by atoms with van der Waals surface area (Å²) in [5.41, 5.74) is 1.91. The highest BCUT2D eigenvalue weighted by Crippen LogP contribution is 2.32. The van der Waals surface area contributed by atoms with Gasteiger partial charge in [-0.25, -0.2) is 5.06 Å². The number of fused-ring (bicyclic) bond motifs is 1. The van der Waals surface area contributed by atoms with E-state index in [9.17, 15) is 15.4 Å². The van der Waals surface area contributed by atoms with Crippen LogP contribution in [0.5, 0.6) is 5.75 Å². The maximum Gasteiger partial charge on any atom is 0.202 e. The minimum atomic E-state index is -0.618. The van der Waals surface area contributed by atoms with Gasteiger partial charge in [0.05, 0.1) is 26.7 Å². The number of hydroxylamine groups is 2. The van der Waals surface area contributed by atoms with Crippen LogP contribution in [0, 0.1) is 0 Å². The molecule has 7 nitrogen and oxygen atoms in total. The highest BCUT2D eigenvalue weighted by molar-refractivity contribution is 6.08. The van der Waals surface area contributed by atoms with Crippen molar-refractivity contribution in [3.05, 3.63) is 30.0 Å². The van der Waals surface area contributed by atoms with E-state index in [-0.39, 0.29) is 13.1 Å². The molecule has 0 spiro atoms. The Morgan fingerprint density at radius 3 is 2.96 bits per heavy atom. The monoisotopic (exact) mass is 346 g/mol. The number of H-pyrrole nitrogens is 1. The molecule has 0 aliphatic carbocycles. The second kappa shape index (κ2) is 8.20. The summed E-state index contributed by atoms with van der Waals surface area (Å²) in [6.45, 7) is 0.255. The topological polar surface area (TPSA) is 98.2 Å². The van der Waals surface area contributed by atoms with E-state index in [4.69, 9.17) is 17.3 Å². The molecule has 0 bridgehead atoms. The second-order valence-electron chi connectivity index (χ2n) is 6.27. The van der Waals surface area contributed by atoms with Crippen LogP contribution in [0.25, 0.3) is 10.9 Å². The molecule has 4 N–H and O–H groups in total. The first-order chi connectivity index (χ1) is 12.1. The minimum absolute atomic E-state index is 0.0715. The van der Waals surface area contributed by atoms with Crippen molar-refractivity contribution in [2.24, 2.45) is 0 Å². The fourth-order valence-corrected chi connectivity index (χ4v) is 3.14. The smallest absolute Gasteiger partial charge is 0.202 e. The van der Waals surface area contributed by atoms with Gasteiger partial charge in [0.25, 0.3) is 0 Å². The highest BCUT2D eigenvalue weighted by Gasteiger charge is 2.29. The summed E-state index contributed by atoms with van der Waals surface area (Å²) in [6.07, 6.45) is 1.71. The average Bonchev–Trinajstić information content (AvgIpc) is 3.03. The molecule has 0 saturated carbocycles. The molecule has 1 aliphatic rings. The van der Waals surface area contributed by atoms with Crippen molar-refractivity contribution in [3.8, 4) is 5.75 Å². The van der Waals surface area contributed by atoms with Crippen molar-refractivity contribution in [2.45, 2.75) is 37.8 Å². The number of aliphatic hydroxyl groups excluding tert-OH is 2. The summed E-state index contributed by atoms with van der Waals surface area (Å²) in [7, 11) is 5.40. The third-order valence-corrected chi connectivity index (χ3v) is 4.41. The molecule has 3 rings (SSSR count). The first kappa shape index (κ1) is 18.2. The quantitative estimate of drug-likeness (QED) is 0.437. The van der Waals surface area contributed by atoms with Crippen molar-refractivity contribution >= 4 is 18.7 Å². The SMILES string of the molecule is [B]CN(O)CCc1c[nH]c2cccc(O[C@H]3C[C@@H](O)C[C@@H](CO)O3)c12. The summed E-state index contributed by atoms with van der Waals surface area (Å²) >= 11 is 0. The maximum atomic E-state index is 9.94. The molecule has 1 aromatic carbocycles. The number of aliphatic hydroxyl groups is 2. The number of rotatable bonds is 7. The second-order valence-corrected chi connectivity index (χ2v) is 6.27. The van der Waals surface area contributed by atoms with Crippen molar-refractivity contribution < 1.29 is 24.9 Å². The van der Waals surface area contributed by atoms with Gasteiger partial charge in [0, 0.05) is 36.5 Å². The number of ether oxygens (including phenoxy) is 2. The standard InChI is InChI=1S/C17H23BN2O5/c18-10-20(23)5-4-11-8-19-14-2-1-3-15(17(11)14)25-16-7-12(22)6-13(9-21)24-16/h1-3,8,12-13,16,19,21-23H,4-7,9-10H2/t12-,13-,16-/m0/s1. The molecule has 1 fully saturated rings. The number of nitrogens with zero attached hydrogens (tertiary/aromatic N) is 1. The number of benzene rings is 1. The van der Waals surface area contributed by atoms with Crippen LogP contribution in [0.2, 0.25) is 0 Å². The molecule has 1 aliphatic heterocycles. The van der Waals surface area contributed by atoms with E-state index >= 15 is 0 Å². The molecular formula is C17H23BN2O5. The van der Waals surface area contributed by atoms with Gasteiger partial charge in [-0.1, -0.05) is 6.07 Å². The summed E-state index contributed by atoms with van der Waals surface area (Å²) in [6, 6.07) is 5.66. The molecule has 2 aromatic rings. The zero-order valence-corrected chi connectivity index (χ0v) is 14.0. The lowest BCUT2D eigenvalue weighted by Crippen LogP contribution is -2.40. The van der Waals surface area contributed by atoms with E-state index in [1.807, 2.05) is 24.4 Å². The van der Waals surface area contributed by atoms with Crippen LogP contribution in [0.3, 0.4) is 0 Å². The summed E-state index contributed by atoms with van der Waals surface area (Å²) < 4.78 is 11.7. The lowest BCUT2D eigenvalue weighted by Gasteiger charge is -2.32. The van der Waals surface area contributed by atoms with E-state index < -0.39 is 18.5 Å². The van der Waals surface area contributed by atoms with Gasteiger partial charge in [0.1, 0.15) is 5.75 Å². The first-order valence-electron chi connectivity index (χ1n) is 8.44. The predicted octanol–water partition coefficient (Wildman–Crippen LogP) is 0.765. The van der Waals surface area contributed by atoms with Crippen molar-refractivity contribution in [3.63, 3.8) is 0 Å². The van der Waals surface area contributed by atoms with Crippen LogP contribution in [-0.2, 0) is 11.2 Å². The predicted molar refractivity (Wildman–Crippen MR) is 92.7 cm³/mol. The lowest BCUT2D eigenvalue weighted by atomic mass is 10.1. The van der Waals surface area contributed by atoms with Crippen LogP contribution < -0.4 is 4.74 Å². The number of hydrogen-bond acceptors (Lipinski definition) is 6. The molecule has 1 saturated heterocycles. The molecule has 0 unspecified atom stereocenters. The summed E-state index contributed by atoms with van der Waals surface area (Å²) in [4.78, 5) is 3.19. The fraction of sp³-hybridized carbons (Fsp3) is 0.529. The van der Waals surface area contributed by atoms with E-state index in [2.05, 4.69) is 4.98 Å². The van der Waals surface area contributed by atoms with Crippen molar-refractivity contribution in [1.82, 2.24) is 10.0 Å². The fourth-order valence-electron chi connectivity index (χ4n) is 3.14. The van der Waals surface area contributed by atoms with Gasteiger partial charge in [-0.2, -0.15) is 0 Å². The molecule has 25 heavy (non-hydrogen) atoms. The molecule has 134 valence electrons. The largest absolute Gasteiger partial charge is 0.464 e.